The van der Waals surface area contributed by atoms with Crippen molar-refractivity contribution in [2.24, 2.45) is 5.73 Å². The van der Waals surface area contributed by atoms with Crippen LogP contribution in [0.15, 0.2) is 60.8 Å². The minimum absolute atomic E-state index is 0.00412. The number of aliphatic hydroxyl groups is 1. The van der Waals surface area contributed by atoms with Crippen molar-refractivity contribution in [3.8, 4) is 0 Å². The standard InChI is InChI=1S/C29H35N5O8/c1-16(35)25(28(40)32-22(29(41)42)11-12-24(36)37)34-27(39)23(14-18-15-31-21-10-6-5-9-19(18)21)33-26(38)20(30)13-17-7-3-2-4-8-17/h2-10,15-16,20,22-23,25,31,35H,11-14,30H2,1H3,(H,32,40)(H,33,38)(H,34,39)(H,36,37)(H,41,42). The minimum atomic E-state index is -1.61. The Morgan fingerprint density at radius 3 is 2.12 bits per heavy atom. The molecule has 0 bridgehead atoms. The van der Waals surface area contributed by atoms with Crippen LogP contribution in [0.5, 0.6) is 0 Å². The highest BCUT2D eigenvalue weighted by Gasteiger charge is 2.33. The normalized spacial score (nSPS) is 14.6. The molecule has 1 aromatic heterocycles. The van der Waals surface area contributed by atoms with Crippen LogP contribution in [0.1, 0.15) is 30.9 Å². The Kier molecular flexibility index (Phi) is 11.2. The molecule has 0 saturated carbocycles. The van der Waals surface area contributed by atoms with Gasteiger partial charge in [-0.1, -0.05) is 48.5 Å². The van der Waals surface area contributed by atoms with Crippen LogP contribution in [0.2, 0.25) is 0 Å². The molecule has 3 amide bonds. The maximum atomic E-state index is 13.5. The van der Waals surface area contributed by atoms with E-state index in [2.05, 4.69) is 20.9 Å². The first kappa shape index (κ1) is 31.8. The molecule has 0 aliphatic carbocycles. The van der Waals surface area contributed by atoms with E-state index in [1.165, 1.54) is 6.92 Å². The van der Waals surface area contributed by atoms with E-state index in [1.807, 2.05) is 54.6 Å². The lowest BCUT2D eigenvalue weighted by atomic mass is 10.0. The van der Waals surface area contributed by atoms with Crippen molar-refractivity contribution < 1.29 is 39.3 Å². The molecular formula is C29H35N5O8. The van der Waals surface area contributed by atoms with Crippen molar-refractivity contribution in [1.82, 2.24) is 20.9 Å². The fraction of sp³-hybridized carbons (Fsp3) is 0.345. The number of carboxylic acids is 2. The smallest absolute Gasteiger partial charge is 0.326 e. The zero-order chi connectivity index (χ0) is 30.8. The monoisotopic (exact) mass is 581 g/mol. The number of hydrogen-bond donors (Lipinski definition) is 8. The van der Waals surface area contributed by atoms with Crippen LogP contribution in [0, 0.1) is 0 Å². The van der Waals surface area contributed by atoms with Gasteiger partial charge >= 0.3 is 11.9 Å². The maximum absolute atomic E-state index is 13.5. The fourth-order valence-corrected chi connectivity index (χ4v) is 4.41. The third kappa shape index (κ3) is 8.88. The SMILES string of the molecule is CC(O)C(NC(=O)C(Cc1c[nH]c2ccccc12)NC(=O)C(N)Cc1ccccc1)C(=O)NC(CCC(=O)O)C(=O)O. The molecule has 0 spiro atoms. The minimum Gasteiger partial charge on any atom is -0.481 e. The number of aromatic amines is 1. The Bertz CT molecular complexity index is 1410. The molecule has 0 radical (unpaired) electrons. The highest BCUT2D eigenvalue weighted by atomic mass is 16.4. The molecule has 5 unspecified atom stereocenters. The van der Waals surface area contributed by atoms with E-state index in [0.29, 0.717) is 5.56 Å². The Hall–Kier alpha value is -4.75. The van der Waals surface area contributed by atoms with Crippen LogP contribution in [-0.2, 0) is 36.8 Å². The van der Waals surface area contributed by atoms with Gasteiger partial charge in [-0.25, -0.2) is 4.79 Å². The van der Waals surface area contributed by atoms with Crippen molar-refractivity contribution in [3.63, 3.8) is 0 Å². The number of para-hydroxylation sites is 1. The first-order valence-electron chi connectivity index (χ1n) is 13.3. The van der Waals surface area contributed by atoms with Crippen LogP contribution < -0.4 is 21.7 Å². The molecule has 3 rings (SSSR count). The average molecular weight is 582 g/mol. The van der Waals surface area contributed by atoms with Crippen LogP contribution in [0.25, 0.3) is 10.9 Å². The zero-order valence-corrected chi connectivity index (χ0v) is 22.9. The topological polar surface area (TPSA) is 224 Å². The lowest BCUT2D eigenvalue weighted by molar-refractivity contribution is -0.144. The average Bonchev–Trinajstić information content (AvgIpc) is 3.36. The number of amides is 3. The number of carboxylic acid groups (broad SMARTS) is 2. The summed E-state index contributed by atoms with van der Waals surface area (Å²) in [5.41, 5.74) is 8.46. The fourth-order valence-electron chi connectivity index (χ4n) is 4.41. The number of nitrogens with one attached hydrogen (secondary N) is 4. The molecule has 224 valence electrons. The van der Waals surface area contributed by atoms with Crippen molar-refractivity contribution in [2.45, 2.75) is 62.9 Å². The van der Waals surface area contributed by atoms with Gasteiger partial charge in [0.2, 0.25) is 17.7 Å². The summed E-state index contributed by atoms with van der Waals surface area (Å²) in [6, 6.07) is 11.0. The van der Waals surface area contributed by atoms with Gasteiger partial charge in [0.15, 0.2) is 0 Å². The number of carbonyl (C=O) groups excluding carboxylic acids is 3. The molecule has 13 nitrogen and oxygen atoms in total. The van der Waals surface area contributed by atoms with E-state index < -0.39 is 72.8 Å². The molecule has 2 aromatic carbocycles. The quantitative estimate of drug-likeness (QED) is 0.121. The number of H-pyrrole nitrogens is 1. The number of fused-ring (bicyclic) bond motifs is 1. The molecule has 42 heavy (non-hydrogen) atoms. The highest BCUT2D eigenvalue weighted by Crippen LogP contribution is 2.19. The van der Waals surface area contributed by atoms with Gasteiger partial charge in [0, 0.05) is 29.9 Å². The van der Waals surface area contributed by atoms with E-state index in [9.17, 15) is 34.2 Å². The molecule has 9 N–H and O–H groups in total. The van der Waals surface area contributed by atoms with Gasteiger partial charge < -0.3 is 42.0 Å². The van der Waals surface area contributed by atoms with Crippen LogP contribution in [0.4, 0.5) is 0 Å². The van der Waals surface area contributed by atoms with E-state index >= 15 is 0 Å². The van der Waals surface area contributed by atoms with Crippen molar-refractivity contribution >= 4 is 40.6 Å². The summed E-state index contributed by atoms with van der Waals surface area (Å²) >= 11 is 0. The predicted octanol–water partition coefficient (Wildman–Crippen LogP) is 0.0650. The molecule has 1 heterocycles. The second kappa shape index (κ2) is 14.8. The Morgan fingerprint density at radius 1 is 0.833 bits per heavy atom. The van der Waals surface area contributed by atoms with Crippen LogP contribution >= 0.6 is 0 Å². The summed E-state index contributed by atoms with van der Waals surface area (Å²) in [7, 11) is 0. The molecule has 5 atom stereocenters. The van der Waals surface area contributed by atoms with Gasteiger partial charge in [0.25, 0.3) is 0 Å². The van der Waals surface area contributed by atoms with Crippen LogP contribution in [0.3, 0.4) is 0 Å². The zero-order valence-electron chi connectivity index (χ0n) is 22.9. The molecule has 13 heteroatoms. The molecule has 0 aliphatic heterocycles. The van der Waals surface area contributed by atoms with E-state index in [-0.39, 0.29) is 12.8 Å². The number of rotatable bonds is 15. The summed E-state index contributed by atoms with van der Waals surface area (Å²) < 4.78 is 0. The van der Waals surface area contributed by atoms with E-state index in [0.717, 1.165) is 16.5 Å². The largest absolute Gasteiger partial charge is 0.481 e. The lowest BCUT2D eigenvalue weighted by Gasteiger charge is -2.26. The molecular weight excluding hydrogens is 546 g/mol. The van der Waals surface area contributed by atoms with E-state index in [1.54, 1.807) is 6.20 Å². The number of nitrogens with two attached hydrogens (primary N) is 1. The van der Waals surface area contributed by atoms with Gasteiger partial charge in [-0.15, -0.1) is 0 Å². The number of carbonyl (C=O) groups is 5. The third-order valence-electron chi connectivity index (χ3n) is 6.69. The summed E-state index contributed by atoms with van der Waals surface area (Å²) in [6.07, 6.45) is -0.489. The lowest BCUT2D eigenvalue weighted by Crippen LogP contribution is -2.60. The molecule has 3 aromatic rings. The van der Waals surface area contributed by atoms with Gasteiger partial charge in [0.05, 0.1) is 12.1 Å². The van der Waals surface area contributed by atoms with Crippen molar-refractivity contribution in [1.29, 1.82) is 0 Å². The first-order chi connectivity index (χ1) is 20.0. The number of benzene rings is 2. The number of aliphatic carboxylic acids is 2. The molecule has 0 aliphatic rings. The summed E-state index contributed by atoms with van der Waals surface area (Å²) in [4.78, 5) is 65.1. The van der Waals surface area contributed by atoms with E-state index in [4.69, 9.17) is 10.8 Å². The number of hydrogen-bond acceptors (Lipinski definition) is 7. The second-order valence-corrected chi connectivity index (χ2v) is 9.98. The molecule has 0 fully saturated rings. The van der Waals surface area contributed by atoms with Crippen molar-refractivity contribution in [3.05, 3.63) is 71.9 Å². The number of aliphatic hydroxyl groups excluding tert-OH is 1. The maximum Gasteiger partial charge on any atom is 0.326 e. The summed E-state index contributed by atoms with van der Waals surface area (Å²) in [5, 5.41) is 36.6. The summed E-state index contributed by atoms with van der Waals surface area (Å²) in [5.74, 6) is -5.20. The Labute approximate surface area is 241 Å². The van der Waals surface area contributed by atoms with Crippen molar-refractivity contribution in [2.75, 3.05) is 0 Å². The first-order valence-corrected chi connectivity index (χ1v) is 13.3. The third-order valence-corrected chi connectivity index (χ3v) is 6.69. The highest BCUT2D eigenvalue weighted by molar-refractivity contribution is 5.95. The summed E-state index contributed by atoms with van der Waals surface area (Å²) in [6.45, 7) is 1.22. The Morgan fingerprint density at radius 2 is 1.48 bits per heavy atom. The van der Waals surface area contributed by atoms with Crippen LogP contribution in [-0.4, -0.2) is 80.2 Å². The predicted molar refractivity (Wildman–Crippen MR) is 152 cm³/mol. The van der Waals surface area contributed by atoms with Gasteiger partial charge in [0.1, 0.15) is 18.1 Å². The van der Waals surface area contributed by atoms with Gasteiger partial charge in [-0.2, -0.15) is 0 Å². The van der Waals surface area contributed by atoms with Gasteiger partial charge in [-0.05, 0) is 37.0 Å². The number of aromatic nitrogens is 1. The van der Waals surface area contributed by atoms with Gasteiger partial charge in [-0.3, -0.25) is 19.2 Å². The molecule has 0 saturated heterocycles. The Balaban J connectivity index is 1.80. The second-order valence-electron chi connectivity index (χ2n) is 9.98.